The molecular weight excluding hydrogens is 252 g/mol. The summed E-state index contributed by atoms with van der Waals surface area (Å²) in [6.07, 6.45) is 2.86. The van der Waals surface area contributed by atoms with Crippen LogP contribution in [0, 0.1) is 0 Å². The molecule has 5 heteroatoms. The minimum Gasteiger partial charge on any atom is -0.398 e. The lowest BCUT2D eigenvalue weighted by Gasteiger charge is -2.00. The predicted molar refractivity (Wildman–Crippen MR) is 75.0 cm³/mol. The van der Waals surface area contributed by atoms with Crippen LogP contribution in [0.2, 0.25) is 0 Å². The van der Waals surface area contributed by atoms with Gasteiger partial charge in [-0.1, -0.05) is 29.4 Å². The van der Waals surface area contributed by atoms with Gasteiger partial charge in [-0.2, -0.15) is 4.98 Å². The first kappa shape index (κ1) is 12.3. The first-order valence-corrected chi connectivity index (χ1v) is 6.36. The second-order valence-corrected chi connectivity index (χ2v) is 4.48. The van der Waals surface area contributed by atoms with Crippen LogP contribution in [0.3, 0.4) is 0 Å². The fourth-order valence-corrected chi connectivity index (χ4v) is 1.96. The molecule has 0 spiro atoms. The average molecular weight is 266 g/mol. The van der Waals surface area contributed by atoms with Crippen LogP contribution < -0.4 is 5.73 Å². The highest BCUT2D eigenvalue weighted by Crippen LogP contribution is 2.15. The van der Waals surface area contributed by atoms with Gasteiger partial charge in [-0.05, 0) is 23.8 Å². The van der Waals surface area contributed by atoms with Gasteiger partial charge in [0.15, 0.2) is 5.82 Å². The first-order chi connectivity index (χ1) is 9.81. The van der Waals surface area contributed by atoms with Crippen LogP contribution in [0.1, 0.15) is 23.0 Å². The van der Waals surface area contributed by atoms with Gasteiger partial charge in [-0.3, -0.25) is 4.98 Å². The quantitative estimate of drug-likeness (QED) is 0.733. The number of pyridine rings is 1. The molecule has 0 radical (unpaired) electrons. The number of anilines is 1. The Kier molecular flexibility index (Phi) is 3.41. The van der Waals surface area contributed by atoms with Crippen molar-refractivity contribution in [1.82, 2.24) is 15.1 Å². The molecule has 0 amide bonds. The highest BCUT2D eigenvalue weighted by molar-refractivity contribution is 5.47. The van der Waals surface area contributed by atoms with E-state index in [1.807, 2.05) is 42.5 Å². The minimum absolute atomic E-state index is 0.544. The Morgan fingerprint density at radius 2 is 1.85 bits per heavy atom. The van der Waals surface area contributed by atoms with E-state index in [1.165, 1.54) is 0 Å². The summed E-state index contributed by atoms with van der Waals surface area (Å²) in [5, 5.41) is 3.97. The molecule has 0 atom stereocenters. The zero-order chi connectivity index (χ0) is 13.8. The second-order valence-electron chi connectivity index (χ2n) is 4.48. The summed E-state index contributed by atoms with van der Waals surface area (Å²) < 4.78 is 5.25. The maximum atomic E-state index is 5.90. The molecule has 0 unspecified atom stereocenters. The molecule has 1 aromatic carbocycles. The van der Waals surface area contributed by atoms with E-state index in [4.69, 9.17) is 10.3 Å². The number of hydrogen-bond acceptors (Lipinski definition) is 5. The summed E-state index contributed by atoms with van der Waals surface area (Å²) in [7, 11) is 0. The van der Waals surface area contributed by atoms with Gasteiger partial charge in [0.2, 0.25) is 5.89 Å². The summed E-state index contributed by atoms with van der Waals surface area (Å²) in [5.74, 6) is 1.20. The Morgan fingerprint density at radius 1 is 1.00 bits per heavy atom. The molecule has 0 aliphatic rings. The number of aromatic nitrogens is 3. The number of rotatable bonds is 4. The van der Waals surface area contributed by atoms with Crippen molar-refractivity contribution in [1.29, 1.82) is 0 Å². The zero-order valence-electron chi connectivity index (χ0n) is 10.9. The van der Waals surface area contributed by atoms with Crippen LogP contribution in [0.5, 0.6) is 0 Å². The van der Waals surface area contributed by atoms with Crippen molar-refractivity contribution in [2.45, 2.75) is 12.8 Å². The van der Waals surface area contributed by atoms with Crippen LogP contribution in [0.25, 0.3) is 0 Å². The van der Waals surface area contributed by atoms with Gasteiger partial charge in [-0.25, -0.2) is 0 Å². The van der Waals surface area contributed by atoms with Gasteiger partial charge in [0.25, 0.3) is 0 Å². The number of para-hydroxylation sites is 1. The van der Waals surface area contributed by atoms with Crippen LogP contribution in [-0.4, -0.2) is 15.1 Å². The molecule has 0 saturated heterocycles. The third kappa shape index (κ3) is 2.83. The average Bonchev–Trinajstić information content (AvgIpc) is 2.90. The Bertz CT molecular complexity index is 694. The van der Waals surface area contributed by atoms with Gasteiger partial charge in [-0.15, -0.1) is 0 Å². The molecule has 3 aromatic rings. The van der Waals surface area contributed by atoms with Crippen LogP contribution in [0.4, 0.5) is 5.69 Å². The molecule has 5 nitrogen and oxygen atoms in total. The standard InChI is InChI=1S/C15H14N4O/c16-13-7-2-1-5-11(13)9-15-18-14(19-20-15)10-12-6-3-4-8-17-12/h1-8H,9-10,16H2. The lowest BCUT2D eigenvalue weighted by molar-refractivity contribution is 0.380. The second kappa shape index (κ2) is 5.52. The third-order valence-electron chi connectivity index (χ3n) is 2.97. The summed E-state index contributed by atoms with van der Waals surface area (Å²) in [4.78, 5) is 8.61. The number of hydrogen-bond donors (Lipinski definition) is 1. The maximum Gasteiger partial charge on any atom is 0.231 e. The number of nitrogens with zero attached hydrogens (tertiary/aromatic N) is 3. The third-order valence-corrected chi connectivity index (χ3v) is 2.97. The van der Waals surface area contributed by atoms with Crippen molar-refractivity contribution in [2.24, 2.45) is 0 Å². The molecule has 2 heterocycles. The van der Waals surface area contributed by atoms with Crippen LogP contribution >= 0.6 is 0 Å². The van der Waals surface area contributed by atoms with Crippen LogP contribution in [-0.2, 0) is 12.8 Å². The zero-order valence-corrected chi connectivity index (χ0v) is 10.9. The fraction of sp³-hybridized carbons (Fsp3) is 0.133. The smallest absolute Gasteiger partial charge is 0.231 e. The van der Waals surface area contributed by atoms with Gasteiger partial charge in [0, 0.05) is 17.6 Å². The summed E-state index contributed by atoms with van der Waals surface area (Å²) in [6, 6.07) is 13.4. The highest BCUT2D eigenvalue weighted by Gasteiger charge is 2.09. The van der Waals surface area contributed by atoms with E-state index >= 15 is 0 Å². The molecule has 3 rings (SSSR count). The SMILES string of the molecule is Nc1ccccc1Cc1nc(Cc2ccccn2)no1. The lowest BCUT2D eigenvalue weighted by atomic mass is 10.1. The Morgan fingerprint density at radius 3 is 2.65 bits per heavy atom. The molecule has 100 valence electrons. The molecule has 0 aliphatic heterocycles. The van der Waals surface area contributed by atoms with Gasteiger partial charge in [0.1, 0.15) is 0 Å². The van der Waals surface area contributed by atoms with Crippen molar-refractivity contribution in [3.63, 3.8) is 0 Å². The Hall–Kier alpha value is -2.69. The lowest BCUT2D eigenvalue weighted by Crippen LogP contribution is -1.96. The molecule has 2 aromatic heterocycles. The Balaban J connectivity index is 1.73. The monoisotopic (exact) mass is 266 g/mol. The van der Waals surface area contributed by atoms with E-state index in [0.717, 1.165) is 16.9 Å². The normalized spacial score (nSPS) is 10.6. The van der Waals surface area contributed by atoms with Crippen molar-refractivity contribution < 1.29 is 4.52 Å². The predicted octanol–water partition coefficient (Wildman–Crippen LogP) is 2.23. The van der Waals surface area contributed by atoms with E-state index in [9.17, 15) is 0 Å². The van der Waals surface area contributed by atoms with E-state index in [2.05, 4.69) is 15.1 Å². The molecule has 0 fully saturated rings. The van der Waals surface area contributed by atoms with E-state index in [1.54, 1.807) is 6.20 Å². The van der Waals surface area contributed by atoms with Gasteiger partial charge >= 0.3 is 0 Å². The summed E-state index contributed by atoms with van der Waals surface area (Å²) in [5.41, 5.74) is 8.53. The van der Waals surface area contributed by atoms with Crippen molar-refractivity contribution >= 4 is 5.69 Å². The molecule has 0 bridgehead atoms. The number of nitrogens with two attached hydrogens (primary N) is 1. The Labute approximate surface area is 116 Å². The summed E-state index contributed by atoms with van der Waals surface area (Å²) in [6.45, 7) is 0. The van der Waals surface area contributed by atoms with Gasteiger partial charge in [0.05, 0.1) is 12.8 Å². The van der Waals surface area contributed by atoms with Crippen molar-refractivity contribution in [3.8, 4) is 0 Å². The van der Waals surface area contributed by atoms with Crippen molar-refractivity contribution in [2.75, 3.05) is 5.73 Å². The molecular formula is C15H14N4O. The highest BCUT2D eigenvalue weighted by atomic mass is 16.5. The molecule has 0 aliphatic carbocycles. The van der Waals surface area contributed by atoms with Crippen LogP contribution in [0.15, 0.2) is 53.2 Å². The van der Waals surface area contributed by atoms with E-state index in [-0.39, 0.29) is 0 Å². The number of nitrogen functional groups attached to an aromatic ring is 1. The van der Waals surface area contributed by atoms with E-state index in [0.29, 0.717) is 24.6 Å². The molecule has 0 saturated carbocycles. The first-order valence-electron chi connectivity index (χ1n) is 6.36. The number of benzene rings is 1. The van der Waals surface area contributed by atoms with Gasteiger partial charge < -0.3 is 10.3 Å². The van der Waals surface area contributed by atoms with E-state index < -0.39 is 0 Å². The molecule has 20 heavy (non-hydrogen) atoms. The maximum absolute atomic E-state index is 5.90. The van der Waals surface area contributed by atoms with Crippen molar-refractivity contribution in [3.05, 3.63) is 71.6 Å². The minimum atomic E-state index is 0.544. The molecule has 2 N–H and O–H groups in total. The topological polar surface area (TPSA) is 77.8 Å². The summed E-state index contributed by atoms with van der Waals surface area (Å²) >= 11 is 0. The largest absolute Gasteiger partial charge is 0.398 e. The fourth-order valence-electron chi connectivity index (χ4n) is 1.96.